The van der Waals surface area contributed by atoms with Gasteiger partial charge < -0.3 is 9.47 Å². The molecular formula is C24H31N7O2. The van der Waals surface area contributed by atoms with Crippen molar-refractivity contribution in [2.24, 2.45) is 0 Å². The lowest BCUT2D eigenvalue weighted by Crippen LogP contribution is -2.31. The van der Waals surface area contributed by atoms with Crippen LogP contribution in [0.3, 0.4) is 0 Å². The number of aromatic nitrogens is 4. The van der Waals surface area contributed by atoms with E-state index in [1.807, 2.05) is 35.8 Å². The quantitative estimate of drug-likeness (QED) is 0.594. The van der Waals surface area contributed by atoms with E-state index in [0.29, 0.717) is 36.4 Å². The van der Waals surface area contributed by atoms with Crippen LogP contribution in [0.5, 0.6) is 0 Å². The summed E-state index contributed by atoms with van der Waals surface area (Å²) in [5.41, 5.74) is 2.01. The van der Waals surface area contributed by atoms with Crippen molar-refractivity contribution in [3.05, 3.63) is 56.5 Å². The third-order valence-corrected chi connectivity index (χ3v) is 6.33. The average molecular weight is 450 g/mol. The number of anilines is 1. The lowest BCUT2D eigenvalue weighted by atomic mass is 10.2. The molecule has 33 heavy (non-hydrogen) atoms. The summed E-state index contributed by atoms with van der Waals surface area (Å²) < 4.78 is 3.55. The molecule has 1 aromatic carbocycles. The highest BCUT2D eigenvalue weighted by Gasteiger charge is 2.21. The van der Waals surface area contributed by atoms with Crippen molar-refractivity contribution in [3.63, 3.8) is 0 Å². The lowest BCUT2D eigenvalue weighted by Gasteiger charge is -2.23. The van der Waals surface area contributed by atoms with Crippen molar-refractivity contribution in [3.8, 4) is 6.07 Å². The average Bonchev–Trinajstić information content (AvgIpc) is 3.02. The number of benzene rings is 1. The normalized spacial score (nSPS) is 15.0. The Morgan fingerprint density at radius 1 is 1.06 bits per heavy atom. The van der Waals surface area contributed by atoms with Gasteiger partial charge in [0.1, 0.15) is 5.82 Å². The molecule has 1 aliphatic rings. The van der Waals surface area contributed by atoms with Gasteiger partial charge >= 0.3 is 5.69 Å². The molecule has 0 radical (unpaired) electrons. The first-order chi connectivity index (χ1) is 16.0. The van der Waals surface area contributed by atoms with E-state index in [4.69, 9.17) is 10.2 Å². The maximum absolute atomic E-state index is 12.6. The standard InChI is InChI=1S/C24H31N7O2/c1-3-5-13-31-22-21(23(32)27-24(31)33)30(4-2)20(26-22)17-28-11-6-12-29(15-14-28)19-9-7-18(16-25)8-10-19/h7-10H,3-6,11-15,17H2,1-2H3,(H,27,32,33). The van der Waals surface area contributed by atoms with E-state index < -0.39 is 0 Å². The van der Waals surface area contributed by atoms with Crippen LogP contribution in [-0.2, 0) is 19.6 Å². The van der Waals surface area contributed by atoms with Crippen LogP contribution in [-0.4, -0.2) is 50.2 Å². The predicted molar refractivity (Wildman–Crippen MR) is 128 cm³/mol. The minimum absolute atomic E-state index is 0.369. The fraction of sp³-hybridized carbons (Fsp3) is 0.500. The van der Waals surface area contributed by atoms with Gasteiger partial charge in [-0.1, -0.05) is 13.3 Å². The summed E-state index contributed by atoms with van der Waals surface area (Å²) in [4.78, 5) is 37.1. The molecule has 174 valence electrons. The summed E-state index contributed by atoms with van der Waals surface area (Å²) in [7, 11) is 0. The Hall–Kier alpha value is -3.38. The van der Waals surface area contributed by atoms with Crippen molar-refractivity contribution in [2.45, 2.75) is 52.7 Å². The number of fused-ring (bicyclic) bond motifs is 1. The van der Waals surface area contributed by atoms with E-state index in [9.17, 15) is 9.59 Å². The third-order valence-electron chi connectivity index (χ3n) is 6.33. The van der Waals surface area contributed by atoms with Crippen LogP contribution in [0.4, 0.5) is 5.69 Å². The third kappa shape index (κ3) is 4.71. The Morgan fingerprint density at radius 2 is 1.85 bits per heavy atom. The predicted octanol–water partition coefficient (Wildman–Crippen LogP) is 2.29. The lowest BCUT2D eigenvalue weighted by molar-refractivity contribution is 0.274. The summed E-state index contributed by atoms with van der Waals surface area (Å²) in [6, 6.07) is 9.90. The minimum atomic E-state index is -0.388. The molecule has 0 bridgehead atoms. The number of nitrogens with one attached hydrogen (secondary N) is 1. The fourth-order valence-electron chi connectivity index (χ4n) is 4.54. The number of nitriles is 1. The SMILES string of the molecule is CCCCn1c(=O)[nH]c(=O)c2c1nc(CN1CCCN(c3ccc(C#N)cc3)CC1)n2CC. The molecular weight excluding hydrogens is 418 g/mol. The van der Waals surface area contributed by atoms with Gasteiger partial charge in [-0.3, -0.25) is 19.2 Å². The molecule has 9 nitrogen and oxygen atoms in total. The van der Waals surface area contributed by atoms with Gasteiger partial charge in [-0.05, 0) is 44.0 Å². The summed E-state index contributed by atoms with van der Waals surface area (Å²) in [5, 5.41) is 9.03. The zero-order valence-electron chi connectivity index (χ0n) is 19.4. The van der Waals surface area contributed by atoms with Crippen LogP contribution in [0.1, 0.15) is 44.5 Å². The van der Waals surface area contributed by atoms with Crippen LogP contribution in [0.25, 0.3) is 11.2 Å². The van der Waals surface area contributed by atoms with Crippen molar-refractivity contribution in [2.75, 3.05) is 31.1 Å². The summed E-state index contributed by atoms with van der Waals surface area (Å²) in [5.74, 6) is 0.820. The van der Waals surface area contributed by atoms with E-state index in [0.717, 1.165) is 57.0 Å². The highest BCUT2D eigenvalue weighted by molar-refractivity contribution is 5.71. The zero-order chi connectivity index (χ0) is 23.4. The molecule has 1 aliphatic heterocycles. The monoisotopic (exact) mass is 449 g/mol. The summed E-state index contributed by atoms with van der Waals surface area (Å²) in [6.45, 7) is 9.49. The van der Waals surface area contributed by atoms with Crippen molar-refractivity contribution >= 4 is 16.9 Å². The van der Waals surface area contributed by atoms with E-state index >= 15 is 0 Å². The fourth-order valence-corrected chi connectivity index (χ4v) is 4.54. The van der Waals surface area contributed by atoms with Crippen LogP contribution < -0.4 is 16.1 Å². The van der Waals surface area contributed by atoms with Gasteiger partial charge in [0.15, 0.2) is 11.2 Å². The van der Waals surface area contributed by atoms with E-state index in [1.54, 1.807) is 4.57 Å². The molecule has 0 spiro atoms. The van der Waals surface area contributed by atoms with Gasteiger partial charge in [0.25, 0.3) is 5.56 Å². The van der Waals surface area contributed by atoms with E-state index in [-0.39, 0.29) is 11.2 Å². The van der Waals surface area contributed by atoms with Gasteiger partial charge in [0.05, 0.1) is 18.2 Å². The molecule has 4 rings (SSSR count). The number of aryl methyl sites for hydroxylation is 2. The van der Waals surface area contributed by atoms with Crippen LogP contribution in [0.2, 0.25) is 0 Å². The van der Waals surface area contributed by atoms with Crippen molar-refractivity contribution < 1.29 is 0 Å². The molecule has 1 N–H and O–H groups in total. The number of H-pyrrole nitrogens is 1. The van der Waals surface area contributed by atoms with Gasteiger partial charge in [0, 0.05) is 45.0 Å². The van der Waals surface area contributed by atoms with Crippen LogP contribution >= 0.6 is 0 Å². The molecule has 0 saturated carbocycles. The molecule has 1 fully saturated rings. The summed E-state index contributed by atoms with van der Waals surface area (Å²) in [6.07, 6.45) is 2.82. The number of hydrogen-bond donors (Lipinski definition) is 1. The maximum Gasteiger partial charge on any atom is 0.330 e. The highest BCUT2D eigenvalue weighted by atomic mass is 16.2. The Morgan fingerprint density at radius 3 is 2.55 bits per heavy atom. The topological polar surface area (TPSA) is 103 Å². The number of hydrogen-bond acceptors (Lipinski definition) is 6. The zero-order valence-corrected chi connectivity index (χ0v) is 19.4. The highest BCUT2D eigenvalue weighted by Crippen LogP contribution is 2.19. The molecule has 9 heteroatoms. The number of aromatic amines is 1. The first-order valence-electron chi connectivity index (χ1n) is 11.7. The number of imidazole rings is 1. The van der Waals surface area contributed by atoms with Crippen LogP contribution in [0.15, 0.2) is 33.9 Å². The second-order valence-corrected chi connectivity index (χ2v) is 8.48. The van der Waals surface area contributed by atoms with E-state index in [1.165, 1.54) is 0 Å². The molecule has 0 atom stereocenters. The van der Waals surface area contributed by atoms with Crippen LogP contribution in [0, 0.1) is 11.3 Å². The van der Waals surface area contributed by atoms with Gasteiger partial charge in [-0.2, -0.15) is 5.26 Å². The Kier molecular flexibility index (Phi) is 6.94. The minimum Gasteiger partial charge on any atom is -0.370 e. The molecule has 2 aromatic heterocycles. The number of nitrogens with zero attached hydrogens (tertiary/aromatic N) is 6. The molecule has 0 unspecified atom stereocenters. The Bertz CT molecular complexity index is 1260. The second kappa shape index (κ2) is 10.0. The van der Waals surface area contributed by atoms with Gasteiger partial charge in [0.2, 0.25) is 0 Å². The summed E-state index contributed by atoms with van der Waals surface area (Å²) >= 11 is 0. The van der Waals surface area contributed by atoms with Gasteiger partial charge in [-0.15, -0.1) is 0 Å². The van der Waals surface area contributed by atoms with E-state index in [2.05, 4.69) is 27.8 Å². The first-order valence-corrected chi connectivity index (χ1v) is 11.7. The smallest absolute Gasteiger partial charge is 0.330 e. The largest absolute Gasteiger partial charge is 0.370 e. The molecule has 3 aromatic rings. The molecule has 1 saturated heterocycles. The Labute approximate surface area is 192 Å². The molecule has 0 amide bonds. The maximum atomic E-state index is 12.6. The Balaban J connectivity index is 1.57. The first kappa shape index (κ1) is 22.8. The second-order valence-electron chi connectivity index (χ2n) is 8.48. The number of rotatable bonds is 7. The molecule has 3 heterocycles. The number of unbranched alkanes of at least 4 members (excludes halogenated alkanes) is 1. The van der Waals surface area contributed by atoms with Crippen molar-refractivity contribution in [1.29, 1.82) is 5.26 Å². The van der Waals surface area contributed by atoms with Gasteiger partial charge in [-0.25, -0.2) is 9.78 Å². The van der Waals surface area contributed by atoms with Crippen molar-refractivity contribution in [1.82, 2.24) is 24.0 Å². The molecule has 0 aliphatic carbocycles.